The Hall–Kier alpha value is -0.970. The molecule has 2 heteroatoms. The first-order valence-electron chi connectivity index (χ1n) is 4.56. The van der Waals surface area contributed by atoms with E-state index >= 15 is 0 Å². The Morgan fingerprint density at radius 2 is 2.17 bits per heavy atom. The fourth-order valence-corrected chi connectivity index (χ4v) is 1.56. The van der Waals surface area contributed by atoms with Crippen LogP contribution in [0.2, 0.25) is 0 Å². The van der Waals surface area contributed by atoms with E-state index < -0.39 is 0 Å². The zero-order valence-corrected chi connectivity index (χ0v) is 7.31. The summed E-state index contributed by atoms with van der Waals surface area (Å²) in [5.74, 6) is 2.57. The van der Waals surface area contributed by atoms with Crippen LogP contribution in [0, 0.1) is 12.3 Å². The normalized spacial score (nSPS) is 17.2. The molecule has 0 unspecified atom stereocenters. The molecule has 0 aromatic heterocycles. The van der Waals surface area contributed by atoms with Crippen LogP contribution in [0.5, 0.6) is 0 Å². The lowest BCUT2D eigenvalue weighted by Gasteiger charge is -2.10. The smallest absolute Gasteiger partial charge is 0.221 e. The summed E-state index contributed by atoms with van der Waals surface area (Å²) in [4.78, 5) is 11.2. The van der Waals surface area contributed by atoms with Gasteiger partial charge in [0.15, 0.2) is 0 Å². The van der Waals surface area contributed by atoms with Crippen LogP contribution < -0.4 is 5.32 Å². The SMILES string of the molecule is C#CCCC(=O)NC1CCCC1. The standard InChI is InChI=1S/C10H15NO/c1-2-3-8-10(12)11-9-6-4-5-7-9/h1,9H,3-8H2,(H,11,12). The number of hydrogen-bond donors (Lipinski definition) is 1. The fourth-order valence-electron chi connectivity index (χ4n) is 1.56. The summed E-state index contributed by atoms with van der Waals surface area (Å²) in [7, 11) is 0. The second-order valence-corrected chi connectivity index (χ2v) is 3.25. The lowest BCUT2D eigenvalue weighted by molar-refractivity contribution is -0.121. The van der Waals surface area contributed by atoms with Gasteiger partial charge in [0.2, 0.25) is 5.91 Å². The van der Waals surface area contributed by atoms with E-state index in [1.54, 1.807) is 0 Å². The van der Waals surface area contributed by atoms with Crippen molar-refractivity contribution in [3.05, 3.63) is 0 Å². The van der Waals surface area contributed by atoms with Gasteiger partial charge in [0.05, 0.1) is 0 Å². The van der Waals surface area contributed by atoms with Crippen LogP contribution in [0.3, 0.4) is 0 Å². The van der Waals surface area contributed by atoms with Crippen LogP contribution in [-0.2, 0) is 4.79 Å². The van der Waals surface area contributed by atoms with Crippen molar-refractivity contribution in [2.75, 3.05) is 0 Å². The van der Waals surface area contributed by atoms with Gasteiger partial charge in [0.25, 0.3) is 0 Å². The van der Waals surface area contributed by atoms with E-state index in [9.17, 15) is 4.79 Å². The maximum absolute atomic E-state index is 11.2. The second kappa shape index (κ2) is 4.82. The van der Waals surface area contributed by atoms with Crippen molar-refractivity contribution in [3.8, 4) is 12.3 Å². The maximum atomic E-state index is 11.2. The second-order valence-electron chi connectivity index (χ2n) is 3.25. The third-order valence-corrected chi connectivity index (χ3v) is 2.22. The average molecular weight is 165 g/mol. The van der Waals surface area contributed by atoms with Crippen molar-refractivity contribution in [2.24, 2.45) is 0 Å². The summed E-state index contributed by atoms with van der Waals surface area (Å²) < 4.78 is 0. The van der Waals surface area contributed by atoms with Crippen LogP contribution in [0.15, 0.2) is 0 Å². The van der Waals surface area contributed by atoms with Gasteiger partial charge in [0.1, 0.15) is 0 Å². The minimum absolute atomic E-state index is 0.111. The van der Waals surface area contributed by atoms with Crippen molar-refractivity contribution in [1.82, 2.24) is 5.32 Å². The van der Waals surface area contributed by atoms with Gasteiger partial charge >= 0.3 is 0 Å². The predicted molar refractivity (Wildman–Crippen MR) is 48.5 cm³/mol. The van der Waals surface area contributed by atoms with Gasteiger partial charge in [-0.1, -0.05) is 12.8 Å². The van der Waals surface area contributed by atoms with Crippen LogP contribution in [0.4, 0.5) is 0 Å². The molecule has 0 atom stereocenters. The van der Waals surface area contributed by atoms with E-state index in [1.807, 2.05) is 0 Å². The minimum atomic E-state index is 0.111. The van der Waals surface area contributed by atoms with Gasteiger partial charge in [-0.05, 0) is 12.8 Å². The molecule has 0 radical (unpaired) electrons. The number of rotatable bonds is 3. The molecule has 0 aromatic rings. The molecular formula is C10H15NO. The highest BCUT2D eigenvalue weighted by atomic mass is 16.1. The zero-order chi connectivity index (χ0) is 8.81. The Balaban J connectivity index is 2.13. The number of amides is 1. The first-order chi connectivity index (χ1) is 5.83. The summed E-state index contributed by atoms with van der Waals surface area (Å²) in [6, 6.07) is 0.426. The molecule has 0 heterocycles. The van der Waals surface area contributed by atoms with E-state index in [-0.39, 0.29) is 5.91 Å². The van der Waals surface area contributed by atoms with Gasteiger partial charge in [-0.2, -0.15) is 0 Å². The van der Waals surface area contributed by atoms with Crippen molar-refractivity contribution in [2.45, 2.75) is 44.6 Å². The Kier molecular flexibility index (Phi) is 3.66. The first-order valence-corrected chi connectivity index (χ1v) is 4.56. The van der Waals surface area contributed by atoms with Gasteiger partial charge in [-0.25, -0.2) is 0 Å². The molecule has 1 fully saturated rings. The van der Waals surface area contributed by atoms with Crippen LogP contribution in [0.25, 0.3) is 0 Å². The molecule has 1 aliphatic carbocycles. The number of carbonyl (C=O) groups excluding carboxylic acids is 1. The van der Waals surface area contributed by atoms with Crippen LogP contribution in [-0.4, -0.2) is 11.9 Å². The lowest BCUT2D eigenvalue weighted by atomic mass is 10.2. The molecular weight excluding hydrogens is 150 g/mol. The van der Waals surface area contributed by atoms with E-state index in [4.69, 9.17) is 6.42 Å². The number of nitrogens with one attached hydrogen (secondary N) is 1. The molecule has 0 aromatic carbocycles. The molecule has 1 amide bonds. The molecule has 0 aliphatic heterocycles. The summed E-state index contributed by atoms with van der Waals surface area (Å²) in [6.45, 7) is 0. The molecule has 2 nitrogen and oxygen atoms in total. The molecule has 1 saturated carbocycles. The van der Waals surface area contributed by atoms with Gasteiger partial charge < -0.3 is 5.32 Å². The van der Waals surface area contributed by atoms with E-state index in [2.05, 4.69) is 11.2 Å². The van der Waals surface area contributed by atoms with E-state index in [1.165, 1.54) is 12.8 Å². The minimum Gasteiger partial charge on any atom is -0.353 e. The Morgan fingerprint density at radius 3 is 2.75 bits per heavy atom. The van der Waals surface area contributed by atoms with Gasteiger partial charge in [-0.15, -0.1) is 12.3 Å². The van der Waals surface area contributed by atoms with Crippen molar-refractivity contribution >= 4 is 5.91 Å². The van der Waals surface area contributed by atoms with E-state index in [0.29, 0.717) is 18.9 Å². The maximum Gasteiger partial charge on any atom is 0.221 e. The summed E-state index contributed by atoms with van der Waals surface area (Å²) in [5, 5.41) is 2.98. The number of terminal acetylenes is 1. The highest BCUT2D eigenvalue weighted by Crippen LogP contribution is 2.17. The third-order valence-electron chi connectivity index (χ3n) is 2.22. The topological polar surface area (TPSA) is 29.1 Å². The van der Waals surface area contributed by atoms with Crippen molar-refractivity contribution in [3.63, 3.8) is 0 Å². The summed E-state index contributed by atoms with van der Waals surface area (Å²) >= 11 is 0. The first kappa shape index (κ1) is 9.12. The molecule has 0 spiro atoms. The lowest BCUT2D eigenvalue weighted by Crippen LogP contribution is -2.32. The molecule has 0 bridgehead atoms. The fraction of sp³-hybridized carbons (Fsp3) is 0.700. The molecule has 12 heavy (non-hydrogen) atoms. The van der Waals surface area contributed by atoms with Crippen molar-refractivity contribution in [1.29, 1.82) is 0 Å². The molecule has 66 valence electrons. The molecule has 0 saturated heterocycles. The predicted octanol–water partition coefficient (Wildman–Crippen LogP) is 1.46. The average Bonchev–Trinajstić information content (AvgIpc) is 2.53. The Bertz CT molecular complexity index is 187. The third kappa shape index (κ3) is 2.96. The van der Waals surface area contributed by atoms with Gasteiger partial charge in [0, 0.05) is 18.9 Å². The largest absolute Gasteiger partial charge is 0.353 e. The monoisotopic (exact) mass is 165 g/mol. The molecule has 1 N–H and O–H groups in total. The van der Waals surface area contributed by atoms with Crippen molar-refractivity contribution < 1.29 is 4.79 Å². The Morgan fingerprint density at radius 1 is 1.50 bits per heavy atom. The number of hydrogen-bond acceptors (Lipinski definition) is 1. The Labute approximate surface area is 73.7 Å². The molecule has 1 rings (SSSR count). The quantitative estimate of drug-likeness (QED) is 0.630. The zero-order valence-electron chi connectivity index (χ0n) is 7.31. The molecule has 1 aliphatic rings. The summed E-state index contributed by atoms with van der Waals surface area (Å²) in [6.07, 6.45) is 10.9. The number of carbonyl (C=O) groups is 1. The van der Waals surface area contributed by atoms with Crippen LogP contribution in [0.1, 0.15) is 38.5 Å². The van der Waals surface area contributed by atoms with Crippen LogP contribution >= 0.6 is 0 Å². The summed E-state index contributed by atoms with van der Waals surface area (Å²) in [5.41, 5.74) is 0. The highest BCUT2D eigenvalue weighted by molar-refractivity contribution is 5.76. The highest BCUT2D eigenvalue weighted by Gasteiger charge is 2.16. The van der Waals surface area contributed by atoms with Gasteiger partial charge in [-0.3, -0.25) is 4.79 Å². The van der Waals surface area contributed by atoms with E-state index in [0.717, 1.165) is 12.8 Å².